The number of carbonyl (C=O) groups is 2. The molecule has 34 heavy (non-hydrogen) atoms. The van der Waals surface area contributed by atoms with Crippen LogP contribution in [0.15, 0.2) is 30.3 Å². The molecular weight excluding hydrogens is 452 g/mol. The second-order valence-corrected chi connectivity index (χ2v) is 8.36. The number of carbonyl (C=O) groups excluding carboxylic acids is 2. The van der Waals surface area contributed by atoms with Gasteiger partial charge >= 0.3 is 5.97 Å². The van der Waals surface area contributed by atoms with Gasteiger partial charge in [0.15, 0.2) is 0 Å². The van der Waals surface area contributed by atoms with Crippen LogP contribution in [0.4, 0.5) is 0 Å². The summed E-state index contributed by atoms with van der Waals surface area (Å²) >= 11 is 0. The molecule has 2 aromatic carbocycles. The van der Waals surface area contributed by atoms with Crippen molar-refractivity contribution in [3.8, 4) is 11.5 Å². The van der Waals surface area contributed by atoms with Gasteiger partial charge in [-0.3, -0.25) is 9.59 Å². The van der Waals surface area contributed by atoms with E-state index >= 15 is 0 Å². The van der Waals surface area contributed by atoms with E-state index in [1.54, 1.807) is 0 Å². The molecule has 0 aromatic heterocycles. The molecule has 6 atom stereocenters. The number of ether oxygens (including phenoxy) is 2. The Morgan fingerprint density at radius 1 is 1.03 bits per heavy atom. The van der Waals surface area contributed by atoms with Gasteiger partial charge in [-0.15, -0.1) is 0 Å². The predicted molar refractivity (Wildman–Crippen MR) is 112 cm³/mol. The number of aromatic hydroxyl groups is 2. The van der Waals surface area contributed by atoms with Crippen molar-refractivity contribution in [3.63, 3.8) is 0 Å². The summed E-state index contributed by atoms with van der Waals surface area (Å²) in [5.41, 5.74) is -3.56. The molecule has 1 fully saturated rings. The van der Waals surface area contributed by atoms with Gasteiger partial charge in [0.1, 0.15) is 54.2 Å². The molecule has 2 aromatic rings. The Bertz CT molecular complexity index is 1150. The van der Waals surface area contributed by atoms with Gasteiger partial charge in [0.05, 0.1) is 17.7 Å². The lowest BCUT2D eigenvalue weighted by Crippen LogP contribution is -2.65. The molecule has 1 saturated heterocycles. The summed E-state index contributed by atoms with van der Waals surface area (Å²) in [6, 6.07) is 6.18. The van der Waals surface area contributed by atoms with Gasteiger partial charge in [-0.1, -0.05) is 12.1 Å². The summed E-state index contributed by atoms with van der Waals surface area (Å²) in [5, 5.41) is 74.4. The average Bonchev–Trinajstić information content (AvgIpc) is 2.79. The maximum Gasteiger partial charge on any atom is 0.302 e. The summed E-state index contributed by atoms with van der Waals surface area (Å²) in [6.07, 6.45) is -8.63. The second kappa shape index (κ2) is 8.62. The van der Waals surface area contributed by atoms with Crippen molar-refractivity contribution < 1.29 is 54.8 Å². The van der Waals surface area contributed by atoms with E-state index in [1.165, 1.54) is 24.3 Å². The fourth-order valence-electron chi connectivity index (χ4n) is 4.62. The fraction of sp³-hybridized carbons (Fsp3) is 0.391. The van der Waals surface area contributed by atoms with Crippen molar-refractivity contribution in [2.45, 2.75) is 49.7 Å². The average molecular weight is 476 g/mol. The third-order valence-electron chi connectivity index (χ3n) is 6.25. The molecule has 2 aliphatic rings. The van der Waals surface area contributed by atoms with E-state index in [0.29, 0.717) is 0 Å². The molecule has 7 N–H and O–H groups in total. The highest BCUT2D eigenvalue weighted by Gasteiger charge is 2.58. The third kappa shape index (κ3) is 3.54. The van der Waals surface area contributed by atoms with Crippen molar-refractivity contribution in [3.05, 3.63) is 58.1 Å². The monoisotopic (exact) mass is 476 g/mol. The fourth-order valence-corrected chi connectivity index (χ4v) is 4.62. The highest BCUT2D eigenvalue weighted by molar-refractivity contribution is 6.16. The van der Waals surface area contributed by atoms with Gasteiger partial charge in [0, 0.05) is 18.1 Å². The molecule has 0 amide bonds. The number of phenols is 2. The zero-order valence-electron chi connectivity index (χ0n) is 18.0. The van der Waals surface area contributed by atoms with E-state index < -0.39 is 78.1 Å². The number of esters is 1. The van der Waals surface area contributed by atoms with Gasteiger partial charge in [-0.05, 0) is 23.8 Å². The van der Waals surface area contributed by atoms with Gasteiger partial charge in [0.2, 0.25) is 5.78 Å². The van der Waals surface area contributed by atoms with Crippen molar-refractivity contribution >= 4 is 11.8 Å². The second-order valence-electron chi connectivity index (χ2n) is 8.36. The molecule has 1 aliphatic carbocycles. The number of ketones is 1. The van der Waals surface area contributed by atoms with Crippen LogP contribution in [0.25, 0.3) is 0 Å². The molecule has 0 radical (unpaired) electrons. The van der Waals surface area contributed by atoms with Crippen LogP contribution in [0.3, 0.4) is 0 Å². The summed E-state index contributed by atoms with van der Waals surface area (Å²) in [6.45, 7) is 0.0304. The van der Waals surface area contributed by atoms with Crippen LogP contribution in [0, 0.1) is 0 Å². The van der Waals surface area contributed by atoms with E-state index in [4.69, 9.17) is 9.47 Å². The summed E-state index contributed by atoms with van der Waals surface area (Å²) in [4.78, 5) is 24.5. The number of rotatable bonds is 4. The number of benzene rings is 2. The lowest BCUT2D eigenvalue weighted by atomic mass is 9.68. The number of phenolic OH excluding ortho intramolecular Hbond substituents is 2. The lowest BCUT2D eigenvalue weighted by Gasteiger charge is -2.49. The summed E-state index contributed by atoms with van der Waals surface area (Å²) in [5.74, 6) is -2.63. The largest absolute Gasteiger partial charge is 0.507 e. The van der Waals surface area contributed by atoms with Gasteiger partial charge in [-0.25, -0.2) is 0 Å². The first kappa shape index (κ1) is 24.1. The molecule has 0 spiro atoms. The minimum Gasteiger partial charge on any atom is -0.507 e. The number of hydrogen-bond acceptors (Lipinski definition) is 11. The summed E-state index contributed by atoms with van der Waals surface area (Å²) in [7, 11) is 0. The Morgan fingerprint density at radius 2 is 1.71 bits per heavy atom. The third-order valence-corrected chi connectivity index (χ3v) is 6.25. The van der Waals surface area contributed by atoms with Crippen molar-refractivity contribution in [1.29, 1.82) is 0 Å². The van der Waals surface area contributed by atoms with Crippen LogP contribution in [-0.4, -0.2) is 84.6 Å². The van der Waals surface area contributed by atoms with Crippen LogP contribution in [0.5, 0.6) is 11.5 Å². The van der Waals surface area contributed by atoms with Crippen LogP contribution in [0.2, 0.25) is 0 Å². The number of hydrogen-bond donors (Lipinski definition) is 7. The minimum absolute atomic E-state index is 0.119. The molecule has 0 bridgehead atoms. The molecule has 0 saturated carbocycles. The smallest absolute Gasteiger partial charge is 0.302 e. The van der Waals surface area contributed by atoms with Gasteiger partial charge in [-0.2, -0.15) is 0 Å². The quantitative estimate of drug-likeness (QED) is 0.262. The Balaban J connectivity index is 1.95. The molecule has 0 unspecified atom stereocenters. The van der Waals surface area contributed by atoms with E-state index in [9.17, 15) is 45.3 Å². The zero-order chi connectivity index (χ0) is 24.9. The van der Waals surface area contributed by atoms with Crippen LogP contribution in [0.1, 0.15) is 39.5 Å². The first-order valence-electron chi connectivity index (χ1n) is 10.4. The number of aliphatic hydroxyl groups excluding tert-OH is 4. The Hall–Kier alpha value is -3.06. The van der Waals surface area contributed by atoms with E-state index in [0.717, 1.165) is 13.0 Å². The van der Waals surface area contributed by atoms with Gasteiger partial charge in [0.25, 0.3) is 0 Å². The normalized spacial score (nSPS) is 30.4. The Morgan fingerprint density at radius 3 is 2.35 bits per heavy atom. The molecule has 11 nitrogen and oxygen atoms in total. The first-order valence-corrected chi connectivity index (χ1v) is 10.4. The minimum atomic E-state index is -2.46. The van der Waals surface area contributed by atoms with E-state index in [1.807, 2.05) is 0 Å². The van der Waals surface area contributed by atoms with E-state index in [-0.39, 0.29) is 22.3 Å². The van der Waals surface area contributed by atoms with Crippen LogP contribution < -0.4 is 0 Å². The summed E-state index contributed by atoms with van der Waals surface area (Å²) < 4.78 is 10.6. The lowest BCUT2D eigenvalue weighted by molar-refractivity contribution is -0.266. The Kier molecular flexibility index (Phi) is 6.10. The molecule has 1 heterocycles. The molecule has 1 aliphatic heterocycles. The van der Waals surface area contributed by atoms with E-state index in [2.05, 4.69) is 0 Å². The highest BCUT2D eigenvalue weighted by atomic mass is 16.6. The predicted octanol–water partition coefficient (Wildman–Crippen LogP) is -1.22. The molecule has 182 valence electrons. The molecular formula is C23H24O11. The van der Waals surface area contributed by atoms with Crippen LogP contribution in [-0.2, 0) is 26.5 Å². The van der Waals surface area contributed by atoms with Gasteiger partial charge < -0.3 is 45.2 Å². The topological polar surface area (TPSA) is 194 Å². The van der Waals surface area contributed by atoms with Crippen LogP contribution >= 0.6 is 0 Å². The maximum atomic E-state index is 13.2. The van der Waals surface area contributed by atoms with Crippen molar-refractivity contribution in [2.24, 2.45) is 0 Å². The van der Waals surface area contributed by atoms with Crippen molar-refractivity contribution in [1.82, 2.24) is 0 Å². The Labute approximate surface area is 193 Å². The zero-order valence-corrected chi connectivity index (χ0v) is 18.0. The first-order chi connectivity index (χ1) is 16.0. The molecule has 11 heteroatoms. The van der Waals surface area contributed by atoms with Crippen molar-refractivity contribution in [2.75, 3.05) is 6.61 Å². The SMILES string of the molecule is CC(=O)OC[C@H]1O[C@@H]([C@]2(O)c3cccc(O)c3C(=O)c3c(O)cc(CO)cc32)[C@H](O)[C@@H](O)[C@@H]1O. The number of fused-ring (bicyclic) bond motifs is 2. The standard InChI is InChI=1S/C23H24O11/c1-9(25)33-8-15-18(28)20(30)21(31)22(34-15)23(32)11-3-2-4-13(26)16(11)19(29)17-12(23)5-10(7-24)6-14(17)27/h2-6,15,18,20-22,24,26-28,30-32H,7-8H2,1H3/t15-,18-,20+,21-,22-,23+/m1/s1. The molecule has 4 rings (SSSR count). The number of aliphatic hydroxyl groups is 5. The maximum absolute atomic E-state index is 13.2. The highest BCUT2D eigenvalue weighted by Crippen LogP contribution is 2.50.